The minimum atomic E-state index is -0.245. The number of aromatic nitrogens is 1. The number of carbonyl (C=O) groups excluding carboxylic acids is 1. The summed E-state index contributed by atoms with van der Waals surface area (Å²) in [5.41, 5.74) is 1.81. The number of aryl methyl sites for hydroxylation is 1. The summed E-state index contributed by atoms with van der Waals surface area (Å²) < 4.78 is 18.5. The van der Waals surface area contributed by atoms with Crippen molar-refractivity contribution in [2.24, 2.45) is 5.92 Å². The Kier molecular flexibility index (Phi) is 4.46. The molecule has 0 atom stereocenters. The van der Waals surface area contributed by atoms with Crippen molar-refractivity contribution in [3.63, 3.8) is 0 Å². The Morgan fingerprint density at radius 1 is 1.35 bits per heavy atom. The number of hydrogen-bond acceptors (Lipinski definition) is 4. The molecule has 0 saturated carbocycles. The lowest BCUT2D eigenvalue weighted by Gasteiger charge is -2.32. The van der Waals surface area contributed by atoms with Gasteiger partial charge in [0.2, 0.25) is 0 Å². The fourth-order valence-corrected chi connectivity index (χ4v) is 3.12. The van der Waals surface area contributed by atoms with E-state index in [1.807, 2.05) is 19.9 Å². The fourth-order valence-electron chi connectivity index (χ4n) is 3.12. The third-order valence-corrected chi connectivity index (χ3v) is 4.40. The molecule has 1 fully saturated rings. The topological polar surface area (TPSA) is 42.4 Å². The summed E-state index contributed by atoms with van der Waals surface area (Å²) in [6, 6.07) is 6.67. The van der Waals surface area contributed by atoms with E-state index in [1.54, 1.807) is 6.07 Å². The third kappa shape index (κ3) is 3.28. The molecular formula is C18H21FN2O2. The van der Waals surface area contributed by atoms with Gasteiger partial charge < -0.3 is 9.64 Å². The van der Waals surface area contributed by atoms with E-state index < -0.39 is 0 Å². The molecule has 0 N–H and O–H groups in total. The number of benzene rings is 1. The average molecular weight is 316 g/mol. The van der Waals surface area contributed by atoms with Crippen LogP contribution in [0.15, 0.2) is 24.3 Å². The zero-order valence-corrected chi connectivity index (χ0v) is 13.5. The van der Waals surface area contributed by atoms with Crippen molar-refractivity contribution in [1.82, 2.24) is 4.98 Å². The summed E-state index contributed by atoms with van der Waals surface area (Å²) in [5, 5.41) is 0.843. The van der Waals surface area contributed by atoms with Gasteiger partial charge in [-0.2, -0.15) is 0 Å². The Morgan fingerprint density at radius 2 is 2.09 bits per heavy atom. The van der Waals surface area contributed by atoms with Crippen molar-refractivity contribution >= 4 is 22.7 Å². The first-order valence-electron chi connectivity index (χ1n) is 8.07. The van der Waals surface area contributed by atoms with Crippen LogP contribution in [-0.2, 0) is 9.53 Å². The molecule has 1 aliphatic heterocycles. The van der Waals surface area contributed by atoms with E-state index in [9.17, 15) is 9.18 Å². The maximum Gasteiger partial charge on any atom is 0.309 e. The second-order valence-corrected chi connectivity index (χ2v) is 5.97. The van der Waals surface area contributed by atoms with E-state index in [2.05, 4.69) is 9.88 Å². The summed E-state index contributed by atoms with van der Waals surface area (Å²) in [6.07, 6.45) is 1.56. The van der Waals surface area contributed by atoms with Crippen LogP contribution >= 0.6 is 0 Å². The molecular weight excluding hydrogens is 295 g/mol. The Morgan fingerprint density at radius 3 is 2.78 bits per heavy atom. The maximum atomic E-state index is 13.4. The van der Waals surface area contributed by atoms with Gasteiger partial charge in [-0.3, -0.25) is 4.79 Å². The van der Waals surface area contributed by atoms with E-state index in [4.69, 9.17) is 4.74 Å². The summed E-state index contributed by atoms with van der Waals surface area (Å²) in [5.74, 6) is 0.543. The number of halogens is 1. The van der Waals surface area contributed by atoms with Crippen molar-refractivity contribution in [2.45, 2.75) is 26.7 Å². The number of piperidine rings is 1. The molecule has 1 aromatic carbocycles. The van der Waals surface area contributed by atoms with Crippen LogP contribution in [0.3, 0.4) is 0 Å². The highest BCUT2D eigenvalue weighted by Crippen LogP contribution is 2.27. The highest BCUT2D eigenvalue weighted by atomic mass is 19.1. The quantitative estimate of drug-likeness (QED) is 0.813. The number of hydrogen-bond donors (Lipinski definition) is 0. The van der Waals surface area contributed by atoms with Crippen LogP contribution in [0.5, 0.6) is 0 Å². The zero-order chi connectivity index (χ0) is 16.4. The van der Waals surface area contributed by atoms with Gasteiger partial charge in [-0.15, -0.1) is 0 Å². The lowest BCUT2D eigenvalue weighted by atomic mass is 9.97. The molecule has 1 saturated heterocycles. The molecule has 0 aliphatic carbocycles. The minimum absolute atomic E-state index is 0.0122. The maximum absolute atomic E-state index is 13.4. The molecule has 5 heteroatoms. The molecule has 122 valence electrons. The van der Waals surface area contributed by atoms with Crippen LogP contribution in [0.1, 0.15) is 25.3 Å². The Balaban J connectivity index is 1.77. The molecule has 3 rings (SSSR count). The van der Waals surface area contributed by atoms with Gasteiger partial charge in [0, 0.05) is 18.5 Å². The second-order valence-electron chi connectivity index (χ2n) is 5.97. The lowest BCUT2D eigenvalue weighted by molar-refractivity contribution is -0.148. The standard InChI is InChI=1S/C18H21FN2O2/c1-3-23-18(22)13-6-8-21(9-7-13)17-10-12(2)15-11-14(19)4-5-16(15)20-17/h4-5,10-11,13H,3,6-9H2,1-2H3. The van der Waals surface area contributed by atoms with Crippen molar-refractivity contribution in [2.75, 3.05) is 24.6 Å². The molecule has 1 aromatic heterocycles. The van der Waals surface area contributed by atoms with Crippen LogP contribution in [-0.4, -0.2) is 30.6 Å². The zero-order valence-electron chi connectivity index (χ0n) is 13.5. The van der Waals surface area contributed by atoms with Crippen molar-refractivity contribution < 1.29 is 13.9 Å². The summed E-state index contributed by atoms with van der Waals surface area (Å²) in [7, 11) is 0. The van der Waals surface area contributed by atoms with Gasteiger partial charge >= 0.3 is 5.97 Å². The molecule has 0 unspecified atom stereocenters. The van der Waals surface area contributed by atoms with E-state index in [0.717, 1.165) is 48.2 Å². The van der Waals surface area contributed by atoms with Crippen LogP contribution in [0.25, 0.3) is 10.9 Å². The number of nitrogens with zero attached hydrogens (tertiary/aromatic N) is 2. The summed E-state index contributed by atoms with van der Waals surface area (Å²) in [6.45, 7) is 5.79. The van der Waals surface area contributed by atoms with Gasteiger partial charge in [0.25, 0.3) is 0 Å². The number of fused-ring (bicyclic) bond motifs is 1. The van der Waals surface area contributed by atoms with E-state index in [0.29, 0.717) is 6.61 Å². The predicted octanol–water partition coefficient (Wildman–Crippen LogP) is 3.46. The first-order valence-corrected chi connectivity index (χ1v) is 8.07. The summed E-state index contributed by atoms with van der Waals surface area (Å²) in [4.78, 5) is 18.6. The highest BCUT2D eigenvalue weighted by Gasteiger charge is 2.26. The van der Waals surface area contributed by atoms with E-state index in [-0.39, 0.29) is 17.7 Å². The first-order chi connectivity index (χ1) is 11.1. The Labute approximate surface area is 135 Å². The Bertz CT molecular complexity index is 724. The smallest absolute Gasteiger partial charge is 0.309 e. The molecule has 23 heavy (non-hydrogen) atoms. The second kappa shape index (κ2) is 6.52. The number of esters is 1. The van der Waals surface area contributed by atoms with Crippen molar-refractivity contribution in [3.05, 3.63) is 35.6 Å². The molecule has 0 amide bonds. The molecule has 0 bridgehead atoms. The van der Waals surface area contributed by atoms with Crippen LogP contribution < -0.4 is 4.90 Å². The Hall–Kier alpha value is -2.17. The van der Waals surface area contributed by atoms with Crippen molar-refractivity contribution in [3.8, 4) is 0 Å². The van der Waals surface area contributed by atoms with E-state index in [1.165, 1.54) is 12.1 Å². The SMILES string of the molecule is CCOC(=O)C1CCN(c2cc(C)c3cc(F)ccc3n2)CC1. The van der Waals surface area contributed by atoms with Gasteiger partial charge in [-0.05, 0) is 56.5 Å². The fraction of sp³-hybridized carbons (Fsp3) is 0.444. The predicted molar refractivity (Wildman–Crippen MR) is 88.0 cm³/mol. The number of ether oxygens (including phenoxy) is 1. The molecule has 4 nitrogen and oxygen atoms in total. The highest BCUT2D eigenvalue weighted by molar-refractivity contribution is 5.84. The molecule has 0 radical (unpaired) electrons. The molecule has 2 heterocycles. The average Bonchev–Trinajstić information content (AvgIpc) is 2.56. The third-order valence-electron chi connectivity index (χ3n) is 4.40. The van der Waals surface area contributed by atoms with Crippen LogP contribution in [0.4, 0.5) is 10.2 Å². The van der Waals surface area contributed by atoms with Gasteiger partial charge in [0.05, 0.1) is 18.0 Å². The minimum Gasteiger partial charge on any atom is -0.466 e. The number of carbonyl (C=O) groups is 1. The van der Waals surface area contributed by atoms with Gasteiger partial charge in [0.15, 0.2) is 0 Å². The monoisotopic (exact) mass is 316 g/mol. The first kappa shape index (κ1) is 15.7. The summed E-state index contributed by atoms with van der Waals surface area (Å²) >= 11 is 0. The van der Waals surface area contributed by atoms with Gasteiger partial charge in [-0.1, -0.05) is 0 Å². The number of anilines is 1. The normalized spacial score (nSPS) is 15.9. The molecule has 0 spiro atoms. The molecule has 2 aromatic rings. The molecule has 1 aliphatic rings. The number of rotatable bonds is 3. The van der Waals surface area contributed by atoms with E-state index >= 15 is 0 Å². The van der Waals surface area contributed by atoms with Crippen molar-refractivity contribution in [1.29, 1.82) is 0 Å². The van der Waals surface area contributed by atoms with Gasteiger partial charge in [0.1, 0.15) is 11.6 Å². The lowest BCUT2D eigenvalue weighted by Crippen LogP contribution is -2.37. The van der Waals surface area contributed by atoms with Crippen LogP contribution in [0, 0.1) is 18.7 Å². The van der Waals surface area contributed by atoms with Gasteiger partial charge in [-0.25, -0.2) is 9.37 Å². The van der Waals surface area contributed by atoms with Crippen LogP contribution in [0.2, 0.25) is 0 Å². The number of pyridine rings is 1. The largest absolute Gasteiger partial charge is 0.466 e.